The van der Waals surface area contributed by atoms with Gasteiger partial charge in [-0.3, -0.25) is 9.59 Å². The molecule has 1 aliphatic carbocycles. The maximum Gasteiger partial charge on any atom is 0.275 e. The van der Waals surface area contributed by atoms with Gasteiger partial charge in [-0.15, -0.1) is 0 Å². The molecule has 1 amide bonds. The number of aldehydes is 1. The topological polar surface area (TPSA) is 59.5 Å². The van der Waals surface area contributed by atoms with Gasteiger partial charge in [-0.1, -0.05) is 0 Å². The molecule has 0 bridgehead atoms. The first kappa shape index (κ1) is 11.6. The van der Waals surface area contributed by atoms with Crippen LogP contribution in [0, 0.1) is 0 Å². The molecule has 1 heterocycles. The van der Waals surface area contributed by atoms with E-state index in [2.05, 4.69) is 4.98 Å². The quantitative estimate of drug-likeness (QED) is 0.733. The summed E-state index contributed by atoms with van der Waals surface area (Å²) in [6, 6.07) is 1.56. The lowest BCUT2D eigenvalue weighted by Gasteiger charge is -2.13. The molecule has 0 spiro atoms. The van der Waals surface area contributed by atoms with Gasteiger partial charge >= 0.3 is 0 Å². The Bertz CT molecular complexity index is 453. The number of nitrogens with zero attached hydrogens (tertiary/aromatic N) is 2. The Morgan fingerprint density at radius 2 is 2.24 bits per heavy atom. The molecule has 0 saturated heterocycles. The lowest BCUT2D eigenvalue weighted by molar-refractivity contribution is 0.0816. The molecule has 5 heteroatoms. The Morgan fingerprint density at radius 3 is 2.76 bits per heavy atom. The molecule has 0 unspecified atom stereocenters. The maximum atomic E-state index is 11.9. The molecule has 0 N–H and O–H groups in total. The Labute approximate surface area is 99.4 Å². The molecule has 1 aromatic heterocycles. The number of hydrogen-bond acceptors (Lipinski definition) is 4. The van der Waals surface area contributed by atoms with Crippen molar-refractivity contribution in [1.29, 1.82) is 0 Å². The largest absolute Gasteiger partial charge is 0.488 e. The molecule has 1 saturated carbocycles. The summed E-state index contributed by atoms with van der Waals surface area (Å²) in [5.41, 5.74) is 0.670. The van der Waals surface area contributed by atoms with Crippen LogP contribution in [0.1, 0.15) is 33.7 Å². The van der Waals surface area contributed by atoms with Crippen molar-refractivity contribution in [2.24, 2.45) is 0 Å². The molecule has 0 atom stereocenters. The zero-order chi connectivity index (χ0) is 12.4. The normalized spacial score (nSPS) is 14.2. The van der Waals surface area contributed by atoms with Crippen LogP contribution in [-0.2, 0) is 0 Å². The Kier molecular flexibility index (Phi) is 3.08. The van der Waals surface area contributed by atoms with E-state index in [9.17, 15) is 9.59 Å². The minimum atomic E-state index is -0.224. The van der Waals surface area contributed by atoms with E-state index in [4.69, 9.17) is 4.74 Å². The summed E-state index contributed by atoms with van der Waals surface area (Å²) in [6.45, 7) is 0. The zero-order valence-electron chi connectivity index (χ0n) is 9.84. The number of aromatic nitrogens is 1. The van der Waals surface area contributed by atoms with E-state index in [0.717, 1.165) is 12.8 Å². The number of carbonyl (C=O) groups excluding carboxylic acids is 2. The van der Waals surface area contributed by atoms with Crippen LogP contribution in [0.5, 0.6) is 5.75 Å². The first-order valence-electron chi connectivity index (χ1n) is 5.45. The predicted octanol–water partition coefficient (Wildman–Crippen LogP) is 1.14. The van der Waals surface area contributed by atoms with Gasteiger partial charge in [-0.2, -0.15) is 0 Å². The Morgan fingerprint density at radius 1 is 1.53 bits per heavy atom. The molecule has 5 nitrogen and oxygen atoms in total. The summed E-state index contributed by atoms with van der Waals surface area (Å²) in [4.78, 5) is 28.0. The summed E-state index contributed by atoms with van der Waals surface area (Å²) in [5.74, 6) is 0.175. The molecule has 0 radical (unpaired) electrons. The van der Waals surface area contributed by atoms with Crippen molar-refractivity contribution in [3.05, 3.63) is 23.5 Å². The number of amides is 1. The zero-order valence-corrected chi connectivity index (χ0v) is 9.84. The molecule has 1 aromatic rings. The van der Waals surface area contributed by atoms with E-state index in [1.54, 1.807) is 20.2 Å². The van der Waals surface area contributed by atoms with Gasteiger partial charge in [0, 0.05) is 25.9 Å². The first-order valence-corrected chi connectivity index (χ1v) is 5.45. The minimum absolute atomic E-state index is 0.160. The average Bonchev–Trinajstić information content (AvgIpc) is 3.11. The van der Waals surface area contributed by atoms with E-state index in [-0.39, 0.29) is 17.7 Å². The van der Waals surface area contributed by atoms with Gasteiger partial charge in [0.1, 0.15) is 0 Å². The fraction of sp³-hybridized carbons (Fsp3) is 0.417. The van der Waals surface area contributed by atoms with Crippen LogP contribution in [0.25, 0.3) is 0 Å². The van der Waals surface area contributed by atoms with Crippen molar-refractivity contribution < 1.29 is 14.3 Å². The fourth-order valence-corrected chi connectivity index (χ4v) is 1.35. The third-order valence-electron chi connectivity index (χ3n) is 2.44. The second-order valence-corrected chi connectivity index (χ2v) is 4.25. The molecular weight excluding hydrogens is 220 g/mol. The van der Waals surface area contributed by atoms with Crippen LogP contribution in [0.2, 0.25) is 0 Å². The van der Waals surface area contributed by atoms with Crippen LogP contribution in [0.4, 0.5) is 0 Å². The summed E-state index contributed by atoms with van der Waals surface area (Å²) >= 11 is 0. The van der Waals surface area contributed by atoms with E-state index in [1.807, 2.05) is 0 Å². The van der Waals surface area contributed by atoms with Gasteiger partial charge in [0.2, 0.25) is 0 Å². The first-order chi connectivity index (χ1) is 8.11. The molecule has 0 aliphatic heterocycles. The van der Waals surface area contributed by atoms with Gasteiger partial charge in [0.05, 0.1) is 6.10 Å². The average molecular weight is 234 g/mol. The van der Waals surface area contributed by atoms with Crippen LogP contribution in [0.3, 0.4) is 0 Å². The van der Waals surface area contributed by atoms with Gasteiger partial charge in [0.25, 0.3) is 5.91 Å². The van der Waals surface area contributed by atoms with Crippen LogP contribution < -0.4 is 4.74 Å². The second kappa shape index (κ2) is 4.53. The molecule has 17 heavy (non-hydrogen) atoms. The van der Waals surface area contributed by atoms with Crippen molar-refractivity contribution in [3.63, 3.8) is 0 Å². The summed E-state index contributed by atoms with van der Waals surface area (Å²) in [7, 11) is 3.30. The van der Waals surface area contributed by atoms with Crippen LogP contribution in [0.15, 0.2) is 12.3 Å². The highest BCUT2D eigenvalue weighted by molar-refractivity contribution is 5.95. The number of pyridine rings is 1. The van der Waals surface area contributed by atoms with Gasteiger partial charge < -0.3 is 9.64 Å². The van der Waals surface area contributed by atoms with Crippen molar-refractivity contribution in [3.8, 4) is 5.75 Å². The fourth-order valence-electron chi connectivity index (χ4n) is 1.35. The minimum Gasteiger partial charge on any atom is -0.488 e. The molecule has 1 fully saturated rings. The highest BCUT2D eigenvalue weighted by Crippen LogP contribution is 2.29. The third-order valence-corrected chi connectivity index (χ3v) is 2.44. The molecule has 1 aliphatic rings. The summed E-state index contributed by atoms with van der Waals surface area (Å²) in [5, 5.41) is 0. The molecule has 0 aromatic carbocycles. The summed E-state index contributed by atoms with van der Waals surface area (Å²) < 4.78 is 5.60. The van der Waals surface area contributed by atoms with Gasteiger partial charge in [0.15, 0.2) is 17.7 Å². The van der Waals surface area contributed by atoms with Crippen molar-refractivity contribution in [2.45, 2.75) is 18.9 Å². The van der Waals surface area contributed by atoms with Crippen molar-refractivity contribution in [1.82, 2.24) is 9.88 Å². The van der Waals surface area contributed by atoms with Crippen molar-refractivity contribution in [2.75, 3.05) is 14.1 Å². The molecule has 90 valence electrons. The monoisotopic (exact) mass is 234 g/mol. The summed E-state index contributed by atoms with van der Waals surface area (Å²) in [6.07, 6.45) is 4.20. The van der Waals surface area contributed by atoms with Gasteiger partial charge in [-0.25, -0.2) is 4.98 Å². The maximum absolute atomic E-state index is 11.9. The van der Waals surface area contributed by atoms with Gasteiger partial charge in [-0.05, 0) is 18.9 Å². The molecular formula is C12H14N2O3. The highest BCUT2D eigenvalue weighted by atomic mass is 16.5. The molecule has 2 rings (SSSR count). The van der Waals surface area contributed by atoms with E-state index in [1.165, 1.54) is 11.1 Å². The SMILES string of the molecule is CN(C)C(=O)c1ncc(C=O)cc1OC1CC1. The van der Waals surface area contributed by atoms with E-state index < -0.39 is 0 Å². The van der Waals surface area contributed by atoms with E-state index >= 15 is 0 Å². The standard InChI is InChI=1S/C12H14N2O3/c1-14(2)12(16)11-10(17-9-3-4-9)5-8(7-15)6-13-11/h5-7,9H,3-4H2,1-2H3. The second-order valence-electron chi connectivity index (χ2n) is 4.25. The smallest absolute Gasteiger partial charge is 0.275 e. The highest BCUT2D eigenvalue weighted by Gasteiger charge is 2.27. The van der Waals surface area contributed by atoms with E-state index in [0.29, 0.717) is 17.6 Å². The predicted molar refractivity (Wildman–Crippen MR) is 61.3 cm³/mol. The lowest BCUT2D eigenvalue weighted by Crippen LogP contribution is -2.24. The van der Waals surface area contributed by atoms with Crippen molar-refractivity contribution >= 4 is 12.2 Å². The lowest BCUT2D eigenvalue weighted by atomic mass is 10.2. The van der Waals surface area contributed by atoms with Crippen LogP contribution in [-0.4, -0.2) is 42.3 Å². The Hall–Kier alpha value is -1.91. The third kappa shape index (κ3) is 2.61. The number of ether oxygens (including phenoxy) is 1. The Balaban J connectivity index is 2.34. The number of carbonyl (C=O) groups is 2. The number of hydrogen-bond donors (Lipinski definition) is 0. The van der Waals surface area contributed by atoms with Crippen LogP contribution >= 0.6 is 0 Å². The number of rotatable bonds is 4.